The summed E-state index contributed by atoms with van der Waals surface area (Å²) in [5.41, 5.74) is 2.96. The number of ether oxygens (including phenoxy) is 2. The molecule has 3 aromatic rings. The standard InChI is InChI=1S/C26H22N2O5/c1-17-6-12-22(13-7-17)28-25(29)21(15-27)14-20-4-3-5-23(32-2)24(20)33-16-18-8-10-19(11-9-18)26(30)31/h3-14H,16H2,1-2H3,(H,28,29)(H,30,31)/b21-14-. The molecule has 0 aliphatic rings. The number of methoxy groups -OCH3 is 1. The lowest BCUT2D eigenvalue weighted by atomic mass is 10.1. The zero-order valence-electron chi connectivity index (χ0n) is 18.2. The summed E-state index contributed by atoms with van der Waals surface area (Å²) in [5.74, 6) is -0.757. The number of hydrogen-bond acceptors (Lipinski definition) is 5. The molecule has 0 radical (unpaired) electrons. The number of carboxylic acids is 1. The molecule has 0 bridgehead atoms. The minimum atomic E-state index is -1.01. The first-order chi connectivity index (χ1) is 15.9. The van der Waals surface area contributed by atoms with Gasteiger partial charge in [-0.15, -0.1) is 0 Å². The lowest BCUT2D eigenvalue weighted by Crippen LogP contribution is -2.13. The van der Waals surface area contributed by atoms with Crippen LogP contribution in [0.4, 0.5) is 5.69 Å². The van der Waals surface area contributed by atoms with Gasteiger partial charge < -0.3 is 19.9 Å². The van der Waals surface area contributed by atoms with Gasteiger partial charge in [-0.05, 0) is 48.9 Å². The molecule has 3 rings (SSSR count). The average molecular weight is 442 g/mol. The van der Waals surface area contributed by atoms with Gasteiger partial charge in [0.2, 0.25) is 0 Å². The lowest BCUT2D eigenvalue weighted by Gasteiger charge is -2.14. The molecule has 3 aromatic carbocycles. The monoisotopic (exact) mass is 442 g/mol. The number of rotatable bonds is 8. The van der Waals surface area contributed by atoms with Crippen LogP contribution < -0.4 is 14.8 Å². The van der Waals surface area contributed by atoms with Crippen LogP contribution in [0, 0.1) is 18.3 Å². The number of nitriles is 1. The van der Waals surface area contributed by atoms with E-state index in [0.29, 0.717) is 22.7 Å². The molecule has 0 saturated carbocycles. The van der Waals surface area contributed by atoms with Crippen molar-refractivity contribution in [3.05, 3.63) is 94.6 Å². The summed E-state index contributed by atoms with van der Waals surface area (Å²) in [7, 11) is 1.49. The maximum absolute atomic E-state index is 12.6. The second-order valence-electron chi connectivity index (χ2n) is 7.16. The van der Waals surface area contributed by atoms with Crippen LogP contribution in [0.3, 0.4) is 0 Å². The van der Waals surface area contributed by atoms with Gasteiger partial charge in [0.1, 0.15) is 18.2 Å². The third-order valence-corrected chi connectivity index (χ3v) is 4.79. The Labute approximate surface area is 191 Å². The fraction of sp³-hybridized carbons (Fsp3) is 0.115. The third-order valence-electron chi connectivity index (χ3n) is 4.79. The highest BCUT2D eigenvalue weighted by Crippen LogP contribution is 2.33. The maximum atomic E-state index is 12.6. The number of aryl methyl sites for hydroxylation is 1. The van der Waals surface area contributed by atoms with Gasteiger partial charge in [0.15, 0.2) is 11.5 Å². The average Bonchev–Trinajstić information content (AvgIpc) is 2.82. The molecule has 1 amide bonds. The normalized spacial score (nSPS) is 10.8. The molecule has 166 valence electrons. The molecule has 0 aliphatic heterocycles. The summed E-state index contributed by atoms with van der Waals surface area (Å²) >= 11 is 0. The first kappa shape index (κ1) is 23.1. The van der Waals surface area contributed by atoms with E-state index in [4.69, 9.17) is 14.6 Å². The fourth-order valence-corrected chi connectivity index (χ4v) is 3.00. The van der Waals surface area contributed by atoms with Crippen molar-refractivity contribution < 1.29 is 24.2 Å². The molecule has 33 heavy (non-hydrogen) atoms. The van der Waals surface area contributed by atoms with Crippen molar-refractivity contribution in [2.24, 2.45) is 0 Å². The van der Waals surface area contributed by atoms with Crippen LogP contribution >= 0.6 is 0 Å². The van der Waals surface area contributed by atoms with Crippen molar-refractivity contribution in [2.45, 2.75) is 13.5 Å². The van der Waals surface area contributed by atoms with Crippen LogP contribution in [0.15, 0.2) is 72.3 Å². The number of carbonyl (C=O) groups excluding carboxylic acids is 1. The second kappa shape index (κ2) is 10.6. The van der Waals surface area contributed by atoms with Gasteiger partial charge in [-0.25, -0.2) is 4.79 Å². The Hall–Kier alpha value is -4.57. The summed E-state index contributed by atoms with van der Waals surface area (Å²) in [6.45, 7) is 2.08. The molecule has 0 fully saturated rings. The van der Waals surface area contributed by atoms with Gasteiger partial charge in [-0.3, -0.25) is 4.79 Å². The Bertz CT molecular complexity index is 1220. The number of aromatic carboxylic acids is 1. The van der Waals surface area contributed by atoms with Gasteiger partial charge in [0, 0.05) is 11.3 Å². The van der Waals surface area contributed by atoms with Gasteiger partial charge in [0.25, 0.3) is 5.91 Å². The van der Waals surface area contributed by atoms with E-state index in [1.165, 1.54) is 25.3 Å². The Morgan fingerprint density at radius 2 is 1.76 bits per heavy atom. The van der Waals surface area contributed by atoms with Gasteiger partial charge in [-0.1, -0.05) is 42.0 Å². The van der Waals surface area contributed by atoms with Crippen LogP contribution in [0.5, 0.6) is 11.5 Å². The Morgan fingerprint density at radius 3 is 2.36 bits per heavy atom. The zero-order chi connectivity index (χ0) is 23.8. The number of hydrogen-bond donors (Lipinski definition) is 2. The summed E-state index contributed by atoms with van der Waals surface area (Å²) in [5, 5.41) is 21.3. The fourth-order valence-electron chi connectivity index (χ4n) is 3.00. The van der Waals surface area contributed by atoms with E-state index < -0.39 is 11.9 Å². The van der Waals surface area contributed by atoms with Gasteiger partial charge in [-0.2, -0.15) is 5.26 Å². The number of nitrogens with zero attached hydrogens (tertiary/aromatic N) is 1. The van der Waals surface area contributed by atoms with Crippen molar-refractivity contribution in [3.8, 4) is 17.6 Å². The number of anilines is 1. The Morgan fingerprint density at radius 1 is 1.06 bits per heavy atom. The number of benzene rings is 3. The van der Waals surface area contributed by atoms with Crippen LogP contribution in [0.1, 0.15) is 27.0 Å². The van der Waals surface area contributed by atoms with E-state index in [-0.39, 0.29) is 17.7 Å². The predicted octanol–water partition coefficient (Wildman–Crippen LogP) is 4.83. The minimum Gasteiger partial charge on any atom is -0.493 e. The number of nitrogens with one attached hydrogen (secondary N) is 1. The molecule has 0 saturated heterocycles. The number of carbonyl (C=O) groups is 2. The van der Waals surface area contributed by atoms with Crippen molar-refractivity contribution in [1.29, 1.82) is 5.26 Å². The smallest absolute Gasteiger partial charge is 0.335 e. The zero-order valence-corrected chi connectivity index (χ0v) is 18.2. The third kappa shape index (κ3) is 5.99. The largest absolute Gasteiger partial charge is 0.493 e. The Balaban J connectivity index is 1.84. The molecule has 0 heterocycles. The van der Waals surface area contributed by atoms with Gasteiger partial charge >= 0.3 is 5.97 Å². The van der Waals surface area contributed by atoms with E-state index >= 15 is 0 Å². The number of para-hydroxylation sites is 1. The molecule has 0 unspecified atom stereocenters. The van der Waals surface area contributed by atoms with Crippen LogP contribution in [-0.2, 0) is 11.4 Å². The summed E-state index contributed by atoms with van der Waals surface area (Å²) in [4.78, 5) is 23.7. The van der Waals surface area contributed by atoms with E-state index in [1.54, 1.807) is 42.5 Å². The molecular weight excluding hydrogens is 420 g/mol. The molecule has 0 atom stereocenters. The summed E-state index contributed by atoms with van der Waals surface area (Å²) < 4.78 is 11.3. The van der Waals surface area contributed by atoms with Crippen molar-refractivity contribution >= 4 is 23.6 Å². The SMILES string of the molecule is COc1cccc(/C=C(/C#N)C(=O)Nc2ccc(C)cc2)c1OCc1ccc(C(=O)O)cc1. The molecule has 7 nitrogen and oxygen atoms in total. The van der Waals surface area contributed by atoms with E-state index in [2.05, 4.69) is 5.32 Å². The van der Waals surface area contributed by atoms with Crippen molar-refractivity contribution in [2.75, 3.05) is 12.4 Å². The maximum Gasteiger partial charge on any atom is 0.335 e. The van der Waals surface area contributed by atoms with Crippen LogP contribution in [-0.4, -0.2) is 24.1 Å². The molecule has 7 heteroatoms. The quantitative estimate of drug-likeness (QED) is 0.382. The lowest BCUT2D eigenvalue weighted by molar-refractivity contribution is -0.112. The summed E-state index contributed by atoms with van der Waals surface area (Å²) in [6.07, 6.45) is 1.44. The van der Waals surface area contributed by atoms with Gasteiger partial charge in [0.05, 0.1) is 12.7 Å². The number of carboxylic acid groups (broad SMARTS) is 1. The second-order valence-corrected chi connectivity index (χ2v) is 7.16. The first-order valence-corrected chi connectivity index (χ1v) is 10.0. The van der Waals surface area contributed by atoms with Crippen molar-refractivity contribution in [3.63, 3.8) is 0 Å². The highest BCUT2D eigenvalue weighted by atomic mass is 16.5. The van der Waals surface area contributed by atoms with E-state index in [1.807, 2.05) is 25.1 Å². The molecule has 2 N–H and O–H groups in total. The topological polar surface area (TPSA) is 109 Å². The summed E-state index contributed by atoms with van der Waals surface area (Å²) in [6, 6.07) is 20.6. The predicted molar refractivity (Wildman–Crippen MR) is 124 cm³/mol. The number of amides is 1. The highest BCUT2D eigenvalue weighted by molar-refractivity contribution is 6.09. The minimum absolute atomic E-state index is 0.0977. The van der Waals surface area contributed by atoms with Crippen molar-refractivity contribution in [1.82, 2.24) is 0 Å². The Kier molecular flexibility index (Phi) is 7.45. The molecule has 0 aromatic heterocycles. The van der Waals surface area contributed by atoms with E-state index in [9.17, 15) is 14.9 Å². The molecule has 0 aliphatic carbocycles. The molecule has 0 spiro atoms. The van der Waals surface area contributed by atoms with Crippen LogP contribution in [0.2, 0.25) is 0 Å². The van der Waals surface area contributed by atoms with E-state index in [0.717, 1.165) is 11.1 Å². The molecular formula is C26H22N2O5. The first-order valence-electron chi connectivity index (χ1n) is 10.0. The van der Waals surface area contributed by atoms with Crippen LogP contribution in [0.25, 0.3) is 6.08 Å². The highest BCUT2D eigenvalue weighted by Gasteiger charge is 2.15.